The normalized spacial score (nSPS) is 17.8. The molecule has 7 heteroatoms. The van der Waals surface area contributed by atoms with Gasteiger partial charge in [0.05, 0.1) is 12.2 Å². The first-order valence-electron chi connectivity index (χ1n) is 11.6. The molecule has 1 saturated carbocycles. The van der Waals surface area contributed by atoms with Crippen molar-refractivity contribution in [2.75, 3.05) is 6.61 Å². The minimum absolute atomic E-state index is 0.00328. The fourth-order valence-corrected chi connectivity index (χ4v) is 4.00. The van der Waals surface area contributed by atoms with Crippen LogP contribution in [0.25, 0.3) is 0 Å². The number of hydrogen-bond acceptors (Lipinski definition) is 5. The average molecular weight is 485 g/mol. The first-order valence-corrected chi connectivity index (χ1v) is 11.6. The number of halogens is 2. The summed E-state index contributed by atoms with van der Waals surface area (Å²) in [6.07, 6.45) is 1.21. The molecule has 0 bridgehead atoms. The third-order valence-corrected chi connectivity index (χ3v) is 6.08. The summed E-state index contributed by atoms with van der Waals surface area (Å²) >= 11 is 0. The quantitative estimate of drug-likeness (QED) is 0.287. The second-order valence-corrected chi connectivity index (χ2v) is 8.79. The predicted octanol–water partition coefficient (Wildman–Crippen LogP) is 6.44. The lowest BCUT2D eigenvalue weighted by atomic mass is 9.79. The van der Waals surface area contributed by atoms with E-state index in [-0.39, 0.29) is 29.8 Å². The standard InChI is InChI=1S/C28H30F2O5/c1-4-26(31)33-17-21-7-15-25(16-8-21)35-28(29,30)24-13-11-23(12-14-24)22-9-5-20(6-10-22)18-34-27(32)19(2)3/h4,7-8,11-16,20,22H,1-2,5-6,9-10,17-18H2,3H3. The van der Waals surface area contributed by atoms with E-state index in [0.717, 1.165) is 37.3 Å². The van der Waals surface area contributed by atoms with Crippen molar-refractivity contribution in [3.05, 3.63) is 90.0 Å². The van der Waals surface area contributed by atoms with E-state index in [9.17, 15) is 18.4 Å². The highest BCUT2D eigenvalue weighted by Crippen LogP contribution is 2.38. The average Bonchev–Trinajstić information content (AvgIpc) is 2.86. The van der Waals surface area contributed by atoms with Crippen LogP contribution in [0.15, 0.2) is 73.3 Å². The summed E-state index contributed by atoms with van der Waals surface area (Å²) < 4.78 is 44.6. The largest absolute Gasteiger partial charge is 0.462 e. The maximum atomic E-state index is 14.7. The Bertz CT molecular complexity index is 1040. The number of hydrogen-bond donors (Lipinski definition) is 0. The van der Waals surface area contributed by atoms with Gasteiger partial charge in [-0.2, -0.15) is 8.78 Å². The van der Waals surface area contributed by atoms with Crippen molar-refractivity contribution < 1.29 is 32.6 Å². The molecule has 1 aliphatic rings. The second-order valence-electron chi connectivity index (χ2n) is 8.79. The van der Waals surface area contributed by atoms with Crippen LogP contribution in [0.4, 0.5) is 8.78 Å². The highest BCUT2D eigenvalue weighted by molar-refractivity contribution is 5.86. The number of ether oxygens (including phenoxy) is 3. The van der Waals surface area contributed by atoms with Gasteiger partial charge in [0.1, 0.15) is 12.4 Å². The van der Waals surface area contributed by atoms with Crippen LogP contribution in [0.2, 0.25) is 0 Å². The van der Waals surface area contributed by atoms with E-state index < -0.39 is 12.1 Å². The lowest BCUT2D eigenvalue weighted by Crippen LogP contribution is -2.22. The number of rotatable bonds is 10. The van der Waals surface area contributed by atoms with Crippen LogP contribution in [0, 0.1) is 5.92 Å². The van der Waals surface area contributed by atoms with Crippen molar-refractivity contribution in [1.29, 1.82) is 0 Å². The summed E-state index contributed by atoms with van der Waals surface area (Å²) in [5.74, 6) is -0.321. The molecule has 0 heterocycles. The van der Waals surface area contributed by atoms with E-state index in [0.29, 0.717) is 23.7 Å². The zero-order valence-corrected chi connectivity index (χ0v) is 19.8. The summed E-state index contributed by atoms with van der Waals surface area (Å²) in [5.41, 5.74) is 1.82. The molecule has 0 radical (unpaired) electrons. The van der Waals surface area contributed by atoms with Gasteiger partial charge in [-0.3, -0.25) is 0 Å². The van der Waals surface area contributed by atoms with Crippen LogP contribution in [0.3, 0.4) is 0 Å². The molecule has 0 unspecified atom stereocenters. The summed E-state index contributed by atoms with van der Waals surface area (Å²) in [4.78, 5) is 22.7. The fourth-order valence-electron chi connectivity index (χ4n) is 4.00. The van der Waals surface area contributed by atoms with Gasteiger partial charge in [-0.05, 0) is 79.8 Å². The monoisotopic (exact) mass is 484 g/mol. The third kappa shape index (κ3) is 7.50. The van der Waals surface area contributed by atoms with E-state index in [2.05, 4.69) is 13.2 Å². The van der Waals surface area contributed by atoms with Gasteiger partial charge >= 0.3 is 18.0 Å². The molecule has 1 aliphatic carbocycles. The third-order valence-electron chi connectivity index (χ3n) is 6.08. The van der Waals surface area contributed by atoms with Gasteiger partial charge in [0.15, 0.2) is 0 Å². The molecular weight excluding hydrogens is 454 g/mol. The van der Waals surface area contributed by atoms with Gasteiger partial charge in [-0.25, -0.2) is 9.59 Å². The molecule has 1 fully saturated rings. The Morgan fingerprint density at radius 1 is 1.00 bits per heavy atom. The van der Waals surface area contributed by atoms with E-state index in [1.54, 1.807) is 31.2 Å². The van der Waals surface area contributed by atoms with E-state index >= 15 is 0 Å². The number of carbonyl (C=O) groups excluding carboxylic acids is 2. The lowest BCUT2D eigenvalue weighted by Gasteiger charge is -2.28. The lowest BCUT2D eigenvalue weighted by molar-refractivity contribution is -0.185. The van der Waals surface area contributed by atoms with Crippen molar-refractivity contribution >= 4 is 11.9 Å². The van der Waals surface area contributed by atoms with Crippen molar-refractivity contribution in [2.24, 2.45) is 5.92 Å². The van der Waals surface area contributed by atoms with Gasteiger partial charge in [0.2, 0.25) is 0 Å². The zero-order valence-electron chi connectivity index (χ0n) is 19.8. The van der Waals surface area contributed by atoms with Gasteiger partial charge in [0.25, 0.3) is 0 Å². The summed E-state index contributed by atoms with van der Waals surface area (Å²) in [6.45, 7) is 8.93. The summed E-state index contributed by atoms with van der Waals surface area (Å²) in [6, 6.07) is 12.2. The molecular formula is C28H30F2O5. The molecule has 0 amide bonds. The van der Waals surface area contributed by atoms with E-state index in [1.165, 1.54) is 24.3 Å². The summed E-state index contributed by atoms with van der Waals surface area (Å²) in [5, 5.41) is 0. The van der Waals surface area contributed by atoms with Crippen LogP contribution >= 0.6 is 0 Å². The van der Waals surface area contributed by atoms with Crippen LogP contribution < -0.4 is 4.74 Å². The minimum atomic E-state index is -3.50. The van der Waals surface area contributed by atoms with Gasteiger partial charge in [0, 0.05) is 11.6 Å². The predicted molar refractivity (Wildman–Crippen MR) is 128 cm³/mol. The van der Waals surface area contributed by atoms with Crippen molar-refractivity contribution in [3.8, 4) is 5.75 Å². The number of alkyl halides is 2. The highest BCUT2D eigenvalue weighted by atomic mass is 19.3. The van der Waals surface area contributed by atoms with Crippen molar-refractivity contribution in [2.45, 2.75) is 51.2 Å². The molecule has 3 rings (SSSR count). The molecule has 0 aliphatic heterocycles. The number of carbonyl (C=O) groups is 2. The summed E-state index contributed by atoms with van der Waals surface area (Å²) in [7, 11) is 0. The fraction of sp³-hybridized carbons (Fsp3) is 0.357. The first kappa shape index (κ1) is 26.1. The number of esters is 2. The second kappa shape index (κ2) is 11.8. The molecule has 2 aromatic carbocycles. The molecule has 0 spiro atoms. The van der Waals surface area contributed by atoms with Crippen molar-refractivity contribution in [1.82, 2.24) is 0 Å². The molecule has 0 atom stereocenters. The van der Waals surface area contributed by atoms with Crippen LogP contribution in [0.1, 0.15) is 55.2 Å². The number of benzene rings is 2. The van der Waals surface area contributed by atoms with Gasteiger partial charge in [-0.1, -0.05) is 37.4 Å². The first-order chi connectivity index (χ1) is 16.7. The Hall–Kier alpha value is -3.48. The molecule has 5 nitrogen and oxygen atoms in total. The molecule has 186 valence electrons. The van der Waals surface area contributed by atoms with Crippen LogP contribution in [-0.2, 0) is 31.8 Å². The molecule has 0 saturated heterocycles. The molecule has 0 N–H and O–H groups in total. The topological polar surface area (TPSA) is 61.8 Å². The van der Waals surface area contributed by atoms with Gasteiger partial charge < -0.3 is 14.2 Å². The maximum absolute atomic E-state index is 14.7. The molecule has 2 aromatic rings. The minimum Gasteiger partial charge on any atom is -0.462 e. The Kier molecular flexibility index (Phi) is 8.79. The Morgan fingerprint density at radius 3 is 2.20 bits per heavy atom. The van der Waals surface area contributed by atoms with Crippen molar-refractivity contribution in [3.63, 3.8) is 0 Å². The van der Waals surface area contributed by atoms with Crippen LogP contribution in [-0.4, -0.2) is 18.5 Å². The smallest absolute Gasteiger partial charge is 0.426 e. The van der Waals surface area contributed by atoms with Crippen LogP contribution in [0.5, 0.6) is 5.75 Å². The van der Waals surface area contributed by atoms with E-state index in [1.807, 2.05) is 0 Å². The SMILES string of the molecule is C=CC(=O)OCc1ccc(OC(F)(F)c2ccc(C3CCC(COC(=O)C(=C)C)CC3)cc2)cc1. The van der Waals surface area contributed by atoms with E-state index in [4.69, 9.17) is 14.2 Å². The Labute approximate surface area is 204 Å². The molecule has 0 aromatic heterocycles. The zero-order chi connectivity index (χ0) is 25.4. The van der Waals surface area contributed by atoms with Gasteiger partial charge in [-0.15, -0.1) is 0 Å². The highest BCUT2D eigenvalue weighted by Gasteiger charge is 2.35. The Morgan fingerprint density at radius 2 is 1.63 bits per heavy atom. The maximum Gasteiger partial charge on any atom is 0.426 e. The molecule has 35 heavy (non-hydrogen) atoms. The Balaban J connectivity index is 1.52.